The Morgan fingerprint density at radius 2 is 1.78 bits per heavy atom. The average Bonchev–Trinajstić information content (AvgIpc) is 2.41. The topological polar surface area (TPSA) is 44.8 Å². The van der Waals surface area contributed by atoms with E-state index in [1.54, 1.807) is 6.92 Å². The van der Waals surface area contributed by atoms with E-state index >= 15 is 0 Å². The van der Waals surface area contributed by atoms with E-state index in [-0.39, 0.29) is 22.6 Å². The lowest BCUT2D eigenvalue weighted by Gasteiger charge is -2.61. The highest BCUT2D eigenvalue weighted by molar-refractivity contribution is 5.87. The summed E-state index contributed by atoms with van der Waals surface area (Å²) in [6, 6.07) is 0. The van der Waals surface area contributed by atoms with E-state index in [9.17, 15) is 4.79 Å². The SMILES string of the molecule is C=C(C)C(=O)OC12CC3CC(CC(OCC4(C)COC4)(C3)C1)C2. The molecule has 1 saturated heterocycles. The van der Waals surface area contributed by atoms with Crippen LogP contribution in [-0.4, -0.2) is 37.0 Å². The van der Waals surface area contributed by atoms with Gasteiger partial charge in [-0.2, -0.15) is 0 Å². The molecule has 4 saturated carbocycles. The minimum atomic E-state index is -0.308. The Kier molecular flexibility index (Phi) is 3.44. The number of rotatable bonds is 5. The molecule has 4 aliphatic carbocycles. The van der Waals surface area contributed by atoms with Gasteiger partial charge >= 0.3 is 5.97 Å². The van der Waals surface area contributed by atoms with Crippen molar-refractivity contribution in [1.29, 1.82) is 0 Å². The van der Waals surface area contributed by atoms with Crippen molar-refractivity contribution in [3.63, 3.8) is 0 Å². The maximum Gasteiger partial charge on any atom is 0.333 e. The molecule has 0 spiro atoms. The van der Waals surface area contributed by atoms with Crippen molar-refractivity contribution in [2.24, 2.45) is 17.3 Å². The standard InChI is InChI=1S/C19H28O4/c1-13(2)16(20)23-19-7-14-4-15(8-19)6-18(5-14,9-19)22-12-17(3)10-21-11-17/h14-15H,1,4-12H2,2-3H3. The molecule has 128 valence electrons. The molecule has 0 N–H and O–H groups in total. The minimum absolute atomic E-state index is 0.0853. The van der Waals surface area contributed by atoms with E-state index < -0.39 is 0 Å². The molecule has 0 aromatic rings. The van der Waals surface area contributed by atoms with Gasteiger partial charge in [-0.1, -0.05) is 13.5 Å². The number of carbonyl (C=O) groups is 1. The molecular formula is C19H28O4. The fourth-order valence-electron chi connectivity index (χ4n) is 5.53. The van der Waals surface area contributed by atoms with Crippen LogP contribution in [-0.2, 0) is 19.0 Å². The molecule has 0 aromatic heterocycles. The summed E-state index contributed by atoms with van der Waals surface area (Å²) in [6.45, 7) is 10.1. The summed E-state index contributed by atoms with van der Waals surface area (Å²) in [6.07, 6.45) is 6.42. The van der Waals surface area contributed by atoms with Gasteiger partial charge in [-0.05, 0) is 50.9 Å². The Morgan fingerprint density at radius 1 is 1.17 bits per heavy atom. The predicted molar refractivity (Wildman–Crippen MR) is 85.9 cm³/mol. The second-order valence-corrected chi connectivity index (χ2v) is 9.09. The molecule has 4 heteroatoms. The third kappa shape index (κ3) is 2.74. The van der Waals surface area contributed by atoms with E-state index in [0.29, 0.717) is 17.4 Å². The van der Waals surface area contributed by atoms with Gasteiger partial charge in [0, 0.05) is 17.4 Å². The Labute approximate surface area is 138 Å². The van der Waals surface area contributed by atoms with Gasteiger partial charge in [0.1, 0.15) is 5.60 Å². The van der Waals surface area contributed by atoms with Crippen LogP contribution in [0, 0.1) is 17.3 Å². The maximum atomic E-state index is 12.1. The van der Waals surface area contributed by atoms with Gasteiger partial charge < -0.3 is 14.2 Å². The molecule has 0 aromatic carbocycles. The summed E-state index contributed by atoms with van der Waals surface area (Å²) in [5.74, 6) is 1.04. The highest BCUT2D eigenvalue weighted by atomic mass is 16.6. The Balaban J connectivity index is 1.50. The third-order valence-corrected chi connectivity index (χ3v) is 6.24. The summed E-state index contributed by atoms with van der Waals surface area (Å²) in [7, 11) is 0. The lowest BCUT2D eigenvalue weighted by molar-refractivity contribution is -0.250. The first-order valence-corrected chi connectivity index (χ1v) is 8.92. The van der Waals surface area contributed by atoms with E-state index in [0.717, 1.165) is 51.9 Å². The molecule has 1 heterocycles. The van der Waals surface area contributed by atoms with Crippen LogP contribution in [0.5, 0.6) is 0 Å². The number of hydrogen-bond donors (Lipinski definition) is 0. The molecular weight excluding hydrogens is 292 g/mol. The summed E-state index contributed by atoms with van der Waals surface area (Å²) in [5.41, 5.74) is 0.273. The smallest absolute Gasteiger partial charge is 0.333 e. The molecule has 4 nitrogen and oxygen atoms in total. The quantitative estimate of drug-likeness (QED) is 0.576. The van der Waals surface area contributed by atoms with E-state index in [4.69, 9.17) is 14.2 Å². The largest absolute Gasteiger partial charge is 0.456 e. The molecule has 2 unspecified atom stereocenters. The molecule has 4 bridgehead atoms. The van der Waals surface area contributed by atoms with Crippen LogP contribution in [0.4, 0.5) is 0 Å². The summed E-state index contributed by atoms with van der Waals surface area (Å²) < 4.78 is 17.8. The Morgan fingerprint density at radius 3 is 2.30 bits per heavy atom. The zero-order valence-electron chi connectivity index (χ0n) is 14.4. The molecule has 5 rings (SSSR count). The van der Waals surface area contributed by atoms with Gasteiger partial charge in [-0.25, -0.2) is 4.79 Å². The zero-order chi connectivity index (χ0) is 16.3. The first-order valence-electron chi connectivity index (χ1n) is 8.92. The van der Waals surface area contributed by atoms with Crippen LogP contribution in [0.25, 0.3) is 0 Å². The number of hydrogen-bond acceptors (Lipinski definition) is 4. The Hall–Kier alpha value is -0.870. The zero-order valence-corrected chi connectivity index (χ0v) is 14.4. The van der Waals surface area contributed by atoms with Crippen molar-refractivity contribution in [3.05, 3.63) is 12.2 Å². The van der Waals surface area contributed by atoms with Crippen molar-refractivity contribution in [2.45, 2.75) is 63.6 Å². The van der Waals surface area contributed by atoms with Crippen LogP contribution in [0.3, 0.4) is 0 Å². The maximum absolute atomic E-state index is 12.1. The van der Waals surface area contributed by atoms with Crippen LogP contribution in [0.15, 0.2) is 12.2 Å². The van der Waals surface area contributed by atoms with Crippen LogP contribution in [0.1, 0.15) is 52.4 Å². The molecule has 5 aliphatic rings. The van der Waals surface area contributed by atoms with Gasteiger partial charge in [0.2, 0.25) is 0 Å². The Bertz CT molecular complexity index is 519. The van der Waals surface area contributed by atoms with Crippen LogP contribution < -0.4 is 0 Å². The van der Waals surface area contributed by atoms with Gasteiger partial charge in [-0.3, -0.25) is 0 Å². The minimum Gasteiger partial charge on any atom is -0.456 e. The molecule has 1 aliphatic heterocycles. The number of ether oxygens (including phenoxy) is 3. The van der Waals surface area contributed by atoms with Crippen molar-refractivity contribution in [3.8, 4) is 0 Å². The molecule has 0 amide bonds. The van der Waals surface area contributed by atoms with Gasteiger partial charge in [0.15, 0.2) is 0 Å². The first-order chi connectivity index (χ1) is 10.8. The number of carbonyl (C=O) groups excluding carboxylic acids is 1. The predicted octanol–water partition coefficient (Wildman–Crippen LogP) is 3.25. The van der Waals surface area contributed by atoms with Crippen LogP contribution >= 0.6 is 0 Å². The second-order valence-electron chi connectivity index (χ2n) is 9.09. The molecule has 5 fully saturated rings. The fourth-order valence-corrected chi connectivity index (χ4v) is 5.53. The van der Waals surface area contributed by atoms with Crippen molar-refractivity contribution >= 4 is 5.97 Å². The van der Waals surface area contributed by atoms with Crippen molar-refractivity contribution in [1.82, 2.24) is 0 Å². The fraction of sp³-hybridized carbons (Fsp3) is 0.842. The van der Waals surface area contributed by atoms with E-state index in [1.807, 2.05) is 0 Å². The molecule has 23 heavy (non-hydrogen) atoms. The average molecular weight is 320 g/mol. The molecule has 0 radical (unpaired) electrons. The summed E-state index contributed by atoms with van der Waals surface area (Å²) in [5, 5.41) is 0. The highest BCUT2D eigenvalue weighted by Crippen LogP contribution is 2.60. The van der Waals surface area contributed by atoms with Crippen molar-refractivity contribution in [2.75, 3.05) is 19.8 Å². The lowest BCUT2D eigenvalue weighted by Crippen LogP contribution is -2.62. The van der Waals surface area contributed by atoms with E-state index in [2.05, 4.69) is 13.5 Å². The van der Waals surface area contributed by atoms with Crippen LogP contribution in [0.2, 0.25) is 0 Å². The second kappa shape index (κ2) is 5.06. The summed E-state index contributed by atoms with van der Waals surface area (Å²) in [4.78, 5) is 12.1. The highest BCUT2D eigenvalue weighted by Gasteiger charge is 2.60. The molecule has 2 atom stereocenters. The van der Waals surface area contributed by atoms with Crippen molar-refractivity contribution < 1.29 is 19.0 Å². The lowest BCUT2D eigenvalue weighted by atomic mass is 9.52. The van der Waals surface area contributed by atoms with Gasteiger partial charge in [0.25, 0.3) is 0 Å². The number of esters is 1. The van der Waals surface area contributed by atoms with Gasteiger partial charge in [0.05, 0.1) is 25.4 Å². The van der Waals surface area contributed by atoms with E-state index in [1.165, 1.54) is 6.42 Å². The van der Waals surface area contributed by atoms with Gasteiger partial charge in [-0.15, -0.1) is 0 Å². The summed E-state index contributed by atoms with van der Waals surface area (Å²) >= 11 is 0. The third-order valence-electron chi connectivity index (χ3n) is 6.24. The monoisotopic (exact) mass is 320 g/mol. The normalized spacial score (nSPS) is 43.0. The first kappa shape index (κ1) is 15.6.